The third-order valence-electron chi connectivity index (χ3n) is 2.74. The molecule has 0 aromatic carbocycles. The fourth-order valence-corrected chi connectivity index (χ4v) is 1.65. The minimum atomic E-state index is 0.355. The van der Waals surface area contributed by atoms with Gasteiger partial charge >= 0.3 is 0 Å². The topological polar surface area (TPSA) is 18.5 Å². The summed E-state index contributed by atoms with van der Waals surface area (Å²) in [6, 6.07) is 0. The monoisotopic (exact) mass is 202 g/mol. The largest absolute Gasteiger partial charge is 0.385 e. The van der Waals surface area contributed by atoms with E-state index < -0.39 is 0 Å². The lowest BCUT2D eigenvalue weighted by Crippen LogP contribution is -2.22. The summed E-state index contributed by atoms with van der Waals surface area (Å²) >= 11 is 0. The van der Waals surface area contributed by atoms with E-state index in [0.29, 0.717) is 12.0 Å². The summed E-state index contributed by atoms with van der Waals surface area (Å²) in [4.78, 5) is 0. The van der Waals surface area contributed by atoms with E-state index in [1.54, 1.807) is 14.2 Å². The minimum absolute atomic E-state index is 0.355. The van der Waals surface area contributed by atoms with Crippen LogP contribution in [0.25, 0.3) is 0 Å². The van der Waals surface area contributed by atoms with Crippen molar-refractivity contribution in [2.75, 3.05) is 20.8 Å². The van der Waals surface area contributed by atoms with E-state index >= 15 is 0 Å². The molecule has 2 nitrogen and oxygen atoms in total. The van der Waals surface area contributed by atoms with E-state index in [1.807, 2.05) is 0 Å². The van der Waals surface area contributed by atoms with E-state index in [0.717, 1.165) is 18.9 Å². The Bertz CT molecular complexity index is 123. The molecule has 2 atom stereocenters. The molecule has 0 aromatic rings. The smallest absolute Gasteiger partial charge is 0.0618 e. The summed E-state index contributed by atoms with van der Waals surface area (Å²) in [6.07, 6.45) is 3.90. The van der Waals surface area contributed by atoms with Gasteiger partial charge in [-0.1, -0.05) is 27.2 Å². The Morgan fingerprint density at radius 1 is 0.929 bits per heavy atom. The van der Waals surface area contributed by atoms with Gasteiger partial charge in [0.1, 0.15) is 0 Å². The van der Waals surface area contributed by atoms with Crippen molar-refractivity contribution in [2.45, 2.75) is 46.1 Å². The van der Waals surface area contributed by atoms with Gasteiger partial charge in [-0.05, 0) is 24.7 Å². The Kier molecular flexibility index (Phi) is 8.20. The molecule has 2 heteroatoms. The summed E-state index contributed by atoms with van der Waals surface area (Å²) in [6.45, 7) is 7.60. The maximum Gasteiger partial charge on any atom is 0.0618 e. The fourth-order valence-electron chi connectivity index (χ4n) is 1.65. The molecule has 14 heavy (non-hydrogen) atoms. The third kappa shape index (κ3) is 6.39. The SMILES string of the molecule is COCCC(OC)C(C)CCC(C)C. The number of rotatable bonds is 8. The number of hydrogen-bond donors (Lipinski definition) is 0. The van der Waals surface area contributed by atoms with Gasteiger partial charge in [-0.15, -0.1) is 0 Å². The predicted molar refractivity (Wildman–Crippen MR) is 60.5 cm³/mol. The van der Waals surface area contributed by atoms with E-state index in [9.17, 15) is 0 Å². The van der Waals surface area contributed by atoms with Crippen molar-refractivity contribution in [1.82, 2.24) is 0 Å². The summed E-state index contributed by atoms with van der Waals surface area (Å²) in [5.41, 5.74) is 0. The molecule has 0 fully saturated rings. The van der Waals surface area contributed by atoms with Crippen LogP contribution in [-0.2, 0) is 9.47 Å². The maximum absolute atomic E-state index is 5.47. The molecule has 0 saturated heterocycles. The molecule has 0 aliphatic carbocycles. The highest BCUT2D eigenvalue weighted by molar-refractivity contribution is 4.66. The lowest BCUT2D eigenvalue weighted by Gasteiger charge is -2.23. The Hall–Kier alpha value is -0.0800. The molecule has 0 spiro atoms. The molecule has 0 N–H and O–H groups in total. The van der Waals surface area contributed by atoms with Crippen molar-refractivity contribution in [1.29, 1.82) is 0 Å². The van der Waals surface area contributed by atoms with E-state index in [1.165, 1.54) is 12.8 Å². The van der Waals surface area contributed by atoms with Crippen molar-refractivity contribution in [2.24, 2.45) is 11.8 Å². The third-order valence-corrected chi connectivity index (χ3v) is 2.74. The number of hydrogen-bond acceptors (Lipinski definition) is 2. The summed E-state index contributed by atoms with van der Waals surface area (Å²) in [7, 11) is 3.54. The molecule has 0 aromatic heterocycles. The highest BCUT2D eigenvalue weighted by Crippen LogP contribution is 2.19. The molecule has 0 bridgehead atoms. The highest BCUT2D eigenvalue weighted by Gasteiger charge is 2.16. The Labute approximate surface area is 89.0 Å². The van der Waals surface area contributed by atoms with Gasteiger partial charge in [0.2, 0.25) is 0 Å². The molecule has 0 rings (SSSR count). The lowest BCUT2D eigenvalue weighted by atomic mass is 9.93. The zero-order valence-electron chi connectivity index (χ0n) is 10.4. The lowest BCUT2D eigenvalue weighted by molar-refractivity contribution is 0.0267. The van der Waals surface area contributed by atoms with Gasteiger partial charge in [0.05, 0.1) is 6.10 Å². The number of ether oxygens (including phenoxy) is 2. The zero-order valence-corrected chi connectivity index (χ0v) is 10.4. The molecule has 0 radical (unpaired) electrons. The molecule has 0 aliphatic heterocycles. The second-order valence-corrected chi connectivity index (χ2v) is 4.50. The van der Waals surface area contributed by atoms with E-state index in [-0.39, 0.29) is 0 Å². The van der Waals surface area contributed by atoms with Gasteiger partial charge in [0.15, 0.2) is 0 Å². The van der Waals surface area contributed by atoms with Crippen LogP contribution in [0.5, 0.6) is 0 Å². The average molecular weight is 202 g/mol. The first-order valence-electron chi connectivity index (χ1n) is 5.63. The fraction of sp³-hybridized carbons (Fsp3) is 1.00. The predicted octanol–water partition coefficient (Wildman–Crippen LogP) is 3.11. The van der Waals surface area contributed by atoms with Crippen LogP contribution in [0.15, 0.2) is 0 Å². The first kappa shape index (κ1) is 13.9. The average Bonchev–Trinajstić information content (AvgIpc) is 2.16. The van der Waals surface area contributed by atoms with Crippen molar-refractivity contribution < 1.29 is 9.47 Å². The van der Waals surface area contributed by atoms with Crippen LogP contribution >= 0.6 is 0 Å². The highest BCUT2D eigenvalue weighted by atomic mass is 16.5. The Balaban J connectivity index is 3.72. The van der Waals surface area contributed by atoms with Crippen molar-refractivity contribution in [3.63, 3.8) is 0 Å². The van der Waals surface area contributed by atoms with Gasteiger partial charge in [0, 0.05) is 20.8 Å². The second-order valence-electron chi connectivity index (χ2n) is 4.50. The molecule has 2 unspecified atom stereocenters. The first-order valence-corrected chi connectivity index (χ1v) is 5.63. The quantitative estimate of drug-likeness (QED) is 0.602. The van der Waals surface area contributed by atoms with Crippen LogP contribution in [0.4, 0.5) is 0 Å². The van der Waals surface area contributed by atoms with Crippen molar-refractivity contribution >= 4 is 0 Å². The van der Waals surface area contributed by atoms with Crippen LogP contribution in [0.1, 0.15) is 40.0 Å². The molecule has 0 amide bonds. The first-order chi connectivity index (χ1) is 6.61. The van der Waals surface area contributed by atoms with Crippen molar-refractivity contribution in [3.05, 3.63) is 0 Å². The molecule has 0 heterocycles. The number of methoxy groups -OCH3 is 2. The van der Waals surface area contributed by atoms with Crippen LogP contribution in [-0.4, -0.2) is 26.9 Å². The van der Waals surface area contributed by atoms with Crippen LogP contribution in [0.3, 0.4) is 0 Å². The molecule has 0 saturated carbocycles. The second kappa shape index (κ2) is 8.25. The molecular weight excluding hydrogens is 176 g/mol. The van der Waals surface area contributed by atoms with Gasteiger partial charge < -0.3 is 9.47 Å². The van der Waals surface area contributed by atoms with Crippen LogP contribution in [0, 0.1) is 11.8 Å². The summed E-state index contributed by atoms with van der Waals surface area (Å²) < 4.78 is 10.5. The van der Waals surface area contributed by atoms with E-state index in [2.05, 4.69) is 20.8 Å². The molecule has 0 aliphatic rings. The Morgan fingerprint density at radius 3 is 2.00 bits per heavy atom. The minimum Gasteiger partial charge on any atom is -0.385 e. The van der Waals surface area contributed by atoms with Crippen molar-refractivity contribution in [3.8, 4) is 0 Å². The Morgan fingerprint density at radius 2 is 1.57 bits per heavy atom. The van der Waals surface area contributed by atoms with Crippen LogP contribution in [0.2, 0.25) is 0 Å². The van der Waals surface area contributed by atoms with Crippen LogP contribution < -0.4 is 0 Å². The summed E-state index contributed by atoms with van der Waals surface area (Å²) in [5, 5.41) is 0. The molecule has 86 valence electrons. The van der Waals surface area contributed by atoms with E-state index in [4.69, 9.17) is 9.47 Å². The molecular formula is C12H26O2. The standard InChI is InChI=1S/C12H26O2/c1-10(2)6-7-11(3)12(14-5)8-9-13-4/h10-12H,6-9H2,1-5H3. The van der Waals surface area contributed by atoms with Gasteiger partial charge in [-0.3, -0.25) is 0 Å². The maximum atomic E-state index is 5.47. The van der Waals surface area contributed by atoms with Gasteiger partial charge in [0.25, 0.3) is 0 Å². The summed E-state index contributed by atoms with van der Waals surface area (Å²) in [5.74, 6) is 1.43. The zero-order chi connectivity index (χ0) is 11.0. The van der Waals surface area contributed by atoms with Gasteiger partial charge in [-0.25, -0.2) is 0 Å². The normalized spacial score (nSPS) is 15.9. The van der Waals surface area contributed by atoms with Gasteiger partial charge in [-0.2, -0.15) is 0 Å².